The van der Waals surface area contributed by atoms with Crippen molar-refractivity contribution in [2.75, 3.05) is 0 Å². The monoisotopic (exact) mass is 366 g/mol. The Hall–Kier alpha value is -2.98. The van der Waals surface area contributed by atoms with E-state index in [1.165, 1.54) is 0 Å². The molecule has 140 valence electrons. The first-order valence-corrected chi connectivity index (χ1v) is 7.73. The van der Waals surface area contributed by atoms with Crippen molar-refractivity contribution in [2.24, 2.45) is 11.7 Å². The molecule has 10 nitrogen and oxygen atoms in total. The number of benzene rings is 1. The van der Waals surface area contributed by atoms with Crippen LogP contribution in [0.25, 0.3) is 0 Å². The van der Waals surface area contributed by atoms with Crippen molar-refractivity contribution in [3.63, 3.8) is 0 Å². The van der Waals surface area contributed by atoms with Gasteiger partial charge in [-0.2, -0.15) is 0 Å². The molecule has 2 rings (SSSR count). The van der Waals surface area contributed by atoms with Crippen molar-refractivity contribution in [2.45, 2.75) is 31.5 Å². The zero-order valence-electron chi connectivity index (χ0n) is 13.6. The van der Waals surface area contributed by atoms with E-state index in [-0.39, 0.29) is 0 Å². The molecule has 10 heteroatoms. The molecule has 0 fully saturated rings. The smallest absolute Gasteiger partial charge is 0.372 e. The lowest BCUT2D eigenvalue weighted by Crippen LogP contribution is -2.43. The molecule has 3 atom stereocenters. The van der Waals surface area contributed by atoms with Gasteiger partial charge in [0, 0.05) is 6.54 Å². The lowest BCUT2D eigenvalue weighted by Gasteiger charge is -2.23. The van der Waals surface area contributed by atoms with Crippen LogP contribution in [0.15, 0.2) is 24.3 Å². The summed E-state index contributed by atoms with van der Waals surface area (Å²) in [7, 11) is 0. The molecule has 0 aliphatic carbocycles. The summed E-state index contributed by atoms with van der Waals surface area (Å²) in [5.74, 6) is -7.26. The van der Waals surface area contributed by atoms with Crippen LogP contribution in [-0.2, 0) is 41.9 Å². The van der Waals surface area contributed by atoms with E-state index in [0.29, 0.717) is 13.0 Å². The van der Waals surface area contributed by atoms with Crippen LogP contribution in [0.2, 0.25) is 0 Å². The van der Waals surface area contributed by atoms with Crippen LogP contribution in [0.1, 0.15) is 17.5 Å². The first kappa shape index (κ1) is 19.3. The van der Waals surface area contributed by atoms with Gasteiger partial charge in [0.25, 0.3) is 0 Å². The molecule has 0 saturated carbocycles. The fourth-order valence-corrected chi connectivity index (χ4v) is 2.47. The molecule has 1 aromatic rings. The molecular weight excluding hydrogens is 348 g/mol. The van der Waals surface area contributed by atoms with Gasteiger partial charge in [0.2, 0.25) is 0 Å². The number of carbonyl (C=O) groups excluding carboxylic acids is 2. The Morgan fingerprint density at radius 1 is 1.12 bits per heavy atom. The van der Waals surface area contributed by atoms with Crippen LogP contribution >= 0.6 is 0 Å². The van der Waals surface area contributed by atoms with E-state index < -0.39 is 48.3 Å². The van der Waals surface area contributed by atoms with Crippen LogP contribution in [-0.4, -0.2) is 46.2 Å². The Kier molecular flexibility index (Phi) is 6.26. The van der Waals surface area contributed by atoms with E-state index in [4.69, 9.17) is 15.9 Å². The van der Waals surface area contributed by atoms with Gasteiger partial charge in [0.1, 0.15) is 12.1 Å². The first-order valence-electron chi connectivity index (χ1n) is 7.73. The lowest BCUT2D eigenvalue weighted by molar-refractivity contribution is -0.264. The highest BCUT2D eigenvalue weighted by Crippen LogP contribution is 2.17. The Labute approximate surface area is 147 Å². The van der Waals surface area contributed by atoms with Gasteiger partial charge in [-0.3, -0.25) is 14.9 Å². The molecule has 1 unspecified atom stereocenters. The first-order chi connectivity index (χ1) is 12.3. The number of nitrogens with two attached hydrogens (primary N) is 1. The van der Waals surface area contributed by atoms with Crippen molar-refractivity contribution < 1.29 is 39.2 Å². The van der Waals surface area contributed by atoms with Crippen molar-refractivity contribution in [1.29, 1.82) is 0 Å². The third kappa shape index (κ3) is 4.77. The molecule has 5 N–H and O–H groups in total. The quantitative estimate of drug-likeness (QED) is 0.284. The van der Waals surface area contributed by atoms with E-state index >= 15 is 0 Å². The number of carbonyl (C=O) groups is 4. The van der Waals surface area contributed by atoms with Crippen molar-refractivity contribution in [3.8, 4) is 0 Å². The summed E-state index contributed by atoms with van der Waals surface area (Å²) in [6, 6.07) is 5.13. The molecule has 0 saturated heterocycles. The fraction of sp³-hybridized carbons (Fsp3) is 0.375. The van der Waals surface area contributed by atoms with Gasteiger partial charge in [0.15, 0.2) is 5.92 Å². The van der Waals surface area contributed by atoms with Crippen LogP contribution in [0.4, 0.5) is 0 Å². The molecule has 1 heterocycles. The minimum Gasteiger partial charge on any atom is -0.481 e. The molecule has 0 bridgehead atoms. The molecule has 1 aliphatic heterocycles. The van der Waals surface area contributed by atoms with E-state index in [1.54, 1.807) is 0 Å². The predicted molar refractivity (Wildman–Crippen MR) is 84.3 cm³/mol. The second-order valence-corrected chi connectivity index (χ2v) is 5.78. The number of carboxylic acids is 2. The maximum absolute atomic E-state index is 12.0. The van der Waals surface area contributed by atoms with Gasteiger partial charge in [0.05, 0.1) is 0 Å². The number of nitrogens with one attached hydrogen (secondary N) is 1. The van der Waals surface area contributed by atoms with E-state index in [9.17, 15) is 19.2 Å². The summed E-state index contributed by atoms with van der Waals surface area (Å²) in [6.07, 6.45) is -0.380. The van der Waals surface area contributed by atoms with E-state index in [2.05, 4.69) is 15.1 Å². The van der Waals surface area contributed by atoms with Gasteiger partial charge in [-0.15, -0.1) is 0 Å². The normalized spacial score (nSPS) is 18.1. The third-order valence-corrected chi connectivity index (χ3v) is 3.96. The summed E-state index contributed by atoms with van der Waals surface area (Å²) >= 11 is 0. The number of rotatable bonds is 6. The summed E-state index contributed by atoms with van der Waals surface area (Å²) < 4.78 is 0. The molecule has 0 spiro atoms. The molecule has 1 aliphatic rings. The molecule has 0 aromatic heterocycles. The standard InChI is InChI=1S/C16H18N2O8/c17-11(14(21)22)6-10(13(19)20)15(23)25-26-16(24)12-5-8-3-1-2-4-9(8)7-18-12/h1-4,10-12,18H,5-7,17H2,(H,19,20)(H,21,22)/t10?,11-,12+/m0/s1. The topological polar surface area (TPSA) is 165 Å². The maximum Gasteiger partial charge on any atom is 0.372 e. The van der Waals surface area contributed by atoms with Crippen LogP contribution < -0.4 is 11.1 Å². The molecule has 0 amide bonds. The summed E-state index contributed by atoms with van der Waals surface area (Å²) in [4.78, 5) is 54.3. The largest absolute Gasteiger partial charge is 0.481 e. The molecular formula is C16H18N2O8. The highest BCUT2D eigenvalue weighted by Gasteiger charge is 2.35. The number of hydrogen-bond donors (Lipinski definition) is 4. The maximum atomic E-state index is 12.0. The fourth-order valence-electron chi connectivity index (χ4n) is 2.47. The van der Waals surface area contributed by atoms with Crippen LogP contribution in [0.3, 0.4) is 0 Å². The average molecular weight is 366 g/mol. The minimum atomic E-state index is -1.87. The van der Waals surface area contributed by atoms with Gasteiger partial charge in [-0.25, -0.2) is 19.4 Å². The molecule has 0 radical (unpaired) electrons. The van der Waals surface area contributed by atoms with Gasteiger partial charge in [-0.05, 0) is 24.0 Å². The number of carboxylic acid groups (broad SMARTS) is 2. The van der Waals surface area contributed by atoms with Crippen molar-refractivity contribution in [1.82, 2.24) is 5.32 Å². The lowest BCUT2D eigenvalue weighted by atomic mass is 9.96. The van der Waals surface area contributed by atoms with E-state index in [0.717, 1.165) is 11.1 Å². The highest BCUT2D eigenvalue weighted by atomic mass is 17.2. The zero-order valence-corrected chi connectivity index (χ0v) is 13.6. The van der Waals surface area contributed by atoms with E-state index in [1.807, 2.05) is 24.3 Å². The highest BCUT2D eigenvalue weighted by molar-refractivity contribution is 5.94. The molecule has 26 heavy (non-hydrogen) atoms. The minimum absolute atomic E-state index is 0.318. The van der Waals surface area contributed by atoms with Crippen molar-refractivity contribution in [3.05, 3.63) is 35.4 Å². The summed E-state index contributed by atoms with van der Waals surface area (Å²) in [5.41, 5.74) is 7.19. The zero-order chi connectivity index (χ0) is 19.3. The van der Waals surface area contributed by atoms with Gasteiger partial charge < -0.3 is 15.9 Å². The summed E-state index contributed by atoms with van der Waals surface area (Å²) in [5, 5.41) is 20.6. The van der Waals surface area contributed by atoms with Crippen LogP contribution in [0, 0.1) is 5.92 Å². The predicted octanol–water partition coefficient (Wildman–Crippen LogP) is -0.795. The van der Waals surface area contributed by atoms with Gasteiger partial charge in [-0.1, -0.05) is 24.3 Å². The number of fused-ring (bicyclic) bond motifs is 1. The number of hydrogen-bond acceptors (Lipinski definition) is 8. The second-order valence-electron chi connectivity index (χ2n) is 5.78. The van der Waals surface area contributed by atoms with Gasteiger partial charge >= 0.3 is 23.9 Å². The van der Waals surface area contributed by atoms with Crippen LogP contribution in [0.5, 0.6) is 0 Å². The molecule has 1 aromatic carbocycles. The Morgan fingerprint density at radius 3 is 2.38 bits per heavy atom. The van der Waals surface area contributed by atoms with Crippen molar-refractivity contribution >= 4 is 23.9 Å². The Morgan fingerprint density at radius 2 is 1.77 bits per heavy atom. The Balaban J connectivity index is 1.90. The average Bonchev–Trinajstić information content (AvgIpc) is 2.62. The number of aliphatic carboxylic acids is 2. The Bertz CT molecular complexity index is 720. The third-order valence-electron chi connectivity index (χ3n) is 3.96. The SMILES string of the molecule is N[C@@H](CC(C(=O)O)C(=O)OOC(=O)[C@H]1Cc2ccccc2CN1)C(=O)O. The summed E-state index contributed by atoms with van der Waals surface area (Å²) in [6.45, 7) is 0.426. The second kappa shape index (κ2) is 8.41.